The number of hydrogen-bond donors (Lipinski definition) is 2. The van der Waals surface area contributed by atoms with Crippen molar-refractivity contribution in [3.8, 4) is 5.75 Å². The maximum Gasteiger partial charge on any atom is 0.147 e. The van der Waals surface area contributed by atoms with Gasteiger partial charge in [-0.25, -0.2) is 0 Å². The van der Waals surface area contributed by atoms with Gasteiger partial charge in [-0.3, -0.25) is 0 Å². The van der Waals surface area contributed by atoms with E-state index >= 15 is 0 Å². The fraction of sp³-hybridized carbons (Fsp3) is 0. The van der Waals surface area contributed by atoms with Crippen molar-refractivity contribution >= 4 is 56.6 Å². The molecular formula is C8H5IOS2. The Hall–Kier alpha value is 0.0600. The quantitative estimate of drug-likeness (QED) is 0.564. The van der Waals surface area contributed by atoms with Crippen LogP contribution in [0, 0.1) is 3.57 Å². The van der Waals surface area contributed by atoms with E-state index < -0.39 is 0 Å². The van der Waals surface area contributed by atoms with Crippen molar-refractivity contribution in [2.75, 3.05) is 0 Å². The molecule has 1 N–H and O–H groups in total. The van der Waals surface area contributed by atoms with Crippen molar-refractivity contribution in [1.29, 1.82) is 0 Å². The first-order chi connectivity index (χ1) is 5.68. The summed E-state index contributed by atoms with van der Waals surface area (Å²) in [5.74, 6) is 0.301. The first-order valence-electron chi connectivity index (χ1n) is 3.28. The van der Waals surface area contributed by atoms with Crippen LogP contribution in [-0.4, -0.2) is 5.11 Å². The largest absolute Gasteiger partial charge is 0.505 e. The average Bonchev–Trinajstić information content (AvgIpc) is 2.28. The van der Waals surface area contributed by atoms with Crippen LogP contribution < -0.4 is 0 Å². The van der Waals surface area contributed by atoms with Crippen molar-refractivity contribution < 1.29 is 5.11 Å². The van der Waals surface area contributed by atoms with E-state index in [9.17, 15) is 5.11 Å². The molecule has 4 heteroatoms. The van der Waals surface area contributed by atoms with E-state index in [1.54, 1.807) is 0 Å². The predicted molar refractivity (Wildman–Crippen MR) is 63.5 cm³/mol. The van der Waals surface area contributed by atoms with Crippen LogP contribution in [0.2, 0.25) is 0 Å². The summed E-state index contributed by atoms with van der Waals surface area (Å²) in [4.78, 5) is 0. The molecule has 2 aromatic rings. The third-order valence-corrected chi connectivity index (χ3v) is 3.71. The molecule has 0 aliphatic heterocycles. The SMILES string of the molecule is Oc1c(S)sc2cc(I)ccc12. The molecule has 0 radical (unpaired) electrons. The van der Waals surface area contributed by atoms with Gasteiger partial charge in [0.05, 0.1) is 4.21 Å². The Morgan fingerprint density at radius 3 is 2.92 bits per heavy atom. The molecule has 12 heavy (non-hydrogen) atoms. The van der Waals surface area contributed by atoms with E-state index in [4.69, 9.17) is 0 Å². The zero-order valence-corrected chi connectivity index (χ0v) is 9.78. The molecule has 1 aromatic heterocycles. The minimum Gasteiger partial charge on any atom is -0.505 e. The Kier molecular flexibility index (Phi) is 2.22. The zero-order valence-electron chi connectivity index (χ0n) is 5.91. The van der Waals surface area contributed by atoms with Gasteiger partial charge in [-0.05, 0) is 40.8 Å². The molecular weight excluding hydrogens is 303 g/mol. The van der Waals surface area contributed by atoms with Crippen molar-refractivity contribution in [3.63, 3.8) is 0 Å². The number of fused-ring (bicyclic) bond motifs is 1. The Morgan fingerprint density at radius 2 is 2.17 bits per heavy atom. The van der Waals surface area contributed by atoms with E-state index in [0.717, 1.165) is 10.1 Å². The summed E-state index contributed by atoms with van der Waals surface area (Å²) < 4.78 is 2.95. The van der Waals surface area contributed by atoms with Crippen LogP contribution >= 0.6 is 46.6 Å². The topological polar surface area (TPSA) is 20.2 Å². The number of halogens is 1. The van der Waals surface area contributed by atoms with Crippen molar-refractivity contribution in [3.05, 3.63) is 21.8 Å². The van der Waals surface area contributed by atoms with Crippen LogP contribution in [0.15, 0.2) is 22.4 Å². The van der Waals surface area contributed by atoms with E-state index in [0.29, 0.717) is 9.96 Å². The summed E-state index contributed by atoms with van der Waals surface area (Å²) >= 11 is 7.91. The van der Waals surface area contributed by atoms with Gasteiger partial charge in [0.25, 0.3) is 0 Å². The summed E-state index contributed by atoms with van der Waals surface area (Å²) in [5, 5.41) is 10.4. The molecule has 1 aromatic carbocycles. The number of rotatable bonds is 0. The van der Waals surface area contributed by atoms with E-state index in [1.807, 2.05) is 18.2 Å². The maximum atomic E-state index is 9.52. The van der Waals surface area contributed by atoms with Crippen LogP contribution in [0.4, 0.5) is 0 Å². The van der Waals surface area contributed by atoms with Gasteiger partial charge in [-0.2, -0.15) is 0 Å². The molecule has 0 unspecified atom stereocenters. The maximum absolute atomic E-state index is 9.52. The minimum atomic E-state index is 0.301. The molecule has 2 rings (SSSR count). The number of benzene rings is 1. The normalized spacial score (nSPS) is 10.8. The third kappa shape index (κ3) is 1.31. The highest BCUT2D eigenvalue weighted by atomic mass is 127. The van der Waals surface area contributed by atoms with Crippen LogP contribution in [0.3, 0.4) is 0 Å². The average molecular weight is 308 g/mol. The molecule has 0 amide bonds. The highest BCUT2D eigenvalue weighted by molar-refractivity contribution is 14.1. The van der Waals surface area contributed by atoms with Gasteiger partial charge < -0.3 is 5.11 Å². The molecule has 0 fully saturated rings. The van der Waals surface area contributed by atoms with Crippen molar-refractivity contribution in [1.82, 2.24) is 0 Å². The molecule has 0 spiro atoms. The summed E-state index contributed by atoms with van der Waals surface area (Å²) in [7, 11) is 0. The highest BCUT2D eigenvalue weighted by Gasteiger charge is 2.07. The Labute approximate surface area is 93.0 Å². The predicted octanol–water partition coefficient (Wildman–Crippen LogP) is 3.50. The lowest BCUT2D eigenvalue weighted by Gasteiger charge is -1.90. The Bertz CT molecular complexity index is 436. The first-order valence-corrected chi connectivity index (χ1v) is 5.62. The van der Waals surface area contributed by atoms with Gasteiger partial charge in [-0.15, -0.1) is 24.0 Å². The monoisotopic (exact) mass is 308 g/mol. The smallest absolute Gasteiger partial charge is 0.147 e. The summed E-state index contributed by atoms with van der Waals surface area (Å²) in [6.07, 6.45) is 0. The molecule has 1 heterocycles. The van der Waals surface area contributed by atoms with Crippen molar-refractivity contribution in [2.45, 2.75) is 4.21 Å². The molecule has 0 aliphatic carbocycles. The summed E-state index contributed by atoms with van der Waals surface area (Å²) in [5.41, 5.74) is 0. The molecule has 0 saturated carbocycles. The Morgan fingerprint density at radius 1 is 1.42 bits per heavy atom. The lowest BCUT2D eigenvalue weighted by atomic mass is 10.2. The second-order valence-electron chi connectivity index (χ2n) is 2.40. The van der Waals surface area contributed by atoms with Gasteiger partial charge in [0.2, 0.25) is 0 Å². The van der Waals surface area contributed by atoms with Gasteiger partial charge in [0.1, 0.15) is 5.75 Å². The molecule has 0 bridgehead atoms. The Balaban J connectivity index is 2.87. The molecule has 62 valence electrons. The molecule has 0 atom stereocenters. The lowest BCUT2D eigenvalue weighted by molar-refractivity contribution is 0.473. The molecule has 0 aliphatic rings. The highest BCUT2D eigenvalue weighted by Crippen LogP contribution is 2.39. The summed E-state index contributed by atoms with van der Waals surface area (Å²) in [6, 6.07) is 5.94. The van der Waals surface area contributed by atoms with Crippen LogP contribution in [-0.2, 0) is 0 Å². The fourth-order valence-electron chi connectivity index (χ4n) is 1.04. The van der Waals surface area contributed by atoms with Crippen LogP contribution in [0.5, 0.6) is 5.75 Å². The number of thiol groups is 1. The number of thiophene rings is 1. The lowest BCUT2D eigenvalue weighted by Crippen LogP contribution is -1.67. The zero-order chi connectivity index (χ0) is 8.72. The standard InChI is InChI=1S/C8H5IOS2/c9-4-1-2-5-6(3-4)12-8(11)7(5)10/h1-3,10-11H. The number of hydrogen-bond acceptors (Lipinski definition) is 3. The first kappa shape index (κ1) is 8.65. The number of aromatic hydroxyl groups is 1. The van der Waals surface area contributed by atoms with Crippen molar-refractivity contribution in [2.24, 2.45) is 0 Å². The second-order valence-corrected chi connectivity index (χ2v) is 5.44. The van der Waals surface area contributed by atoms with Gasteiger partial charge in [0, 0.05) is 13.7 Å². The van der Waals surface area contributed by atoms with E-state index in [1.165, 1.54) is 14.9 Å². The van der Waals surface area contributed by atoms with E-state index in [2.05, 4.69) is 35.2 Å². The molecule has 0 saturated heterocycles. The summed E-state index contributed by atoms with van der Waals surface area (Å²) in [6.45, 7) is 0. The second kappa shape index (κ2) is 3.08. The third-order valence-electron chi connectivity index (χ3n) is 1.61. The van der Waals surface area contributed by atoms with Gasteiger partial charge in [-0.1, -0.05) is 0 Å². The van der Waals surface area contributed by atoms with Gasteiger partial charge >= 0.3 is 0 Å². The van der Waals surface area contributed by atoms with Crippen LogP contribution in [0.25, 0.3) is 10.1 Å². The molecule has 1 nitrogen and oxygen atoms in total. The van der Waals surface area contributed by atoms with E-state index in [-0.39, 0.29) is 0 Å². The fourth-order valence-corrected chi connectivity index (χ4v) is 3.04. The van der Waals surface area contributed by atoms with Gasteiger partial charge in [0.15, 0.2) is 0 Å². The minimum absolute atomic E-state index is 0.301. The van der Waals surface area contributed by atoms with Crippen LogP contribution in [0.1, 0.15) is 0 Å².